The molecule has 1 aliphatic heterocycles. The van der Waals surface area contributed by atoms with Crippen LogP contribution >= 0.6 is 0 Å². The maximum absolute atomic E-state index is 12.3. The molecule has 3 rings (SSSR count). The van der Waals surface area contributed by atoms with Gasteiger partial charge in [0.1, 0.15) is 11.5 Å². The van der Waals surface area contributed by atoms with Crippen molar-refractivity contribution in [3.05, 3.63) is 59.2 Å². The highest BCUT2D eigenvalue weighted by Gasteiger charge is 2.34. The SMILES string of the molecule is COc1ccc(CCNC(=O)CCN2C(=O)c3ccccc3C2=O)c(OC)c1. The number of benzene rings is 2. The molecule has 1 aliphatic rings. The minimum absolute atomic E-state index is 0.0596. The Bertz CT molecular complexity index is 874. The number of fused-ring (bicyclic) bond motifs is 1. The van der Waals surface area contributed by atoms with Crippen molar-refractivity contribution in [2.45, 2.75) is 12.8 Å². The Morgan fingerprint density at radius 1 is 1.00 bits per heavy atom. The summed E-state index contributed by atoms with van der Waals surface area (Å²) in [7, 11) is 3.17. The molecule has 0 aromatic heterocycles. The lowest BCUT2D eigenvalue weighted by molar-refractivity contribution is -0.121. The molecule has 0 fully saturated rings. The minimum Gasteiger partial charge on any atom is -0.497 e. The zero-order valence-corrected chi connectivity index (χ0v) is 15.9. The third-order valence-electron chi connectivity index (χ3n) is 4.65. The van der Waals surface area contributed by atoms with Gasteiger partial charge in [-0.25, -0.2) is 0 Å². The number of hydrogen-bond donors (Lipinski definition) is 1. The van der Waals surface area contributed by atoms with Gasteiger partial charge >= 0.3 is 0 Å². The third kappa shape index (κ3) is 3.98. The van der Waals surface area contributed by atoms with Crippen molar-refractivity contribution in [1.82, 2.24) is 10.2 Å². The first kappa shape index (κ1) is 19.4. The van der Waals surface area contributed by atoms with Gasteiger partial charge in [-0.1, -0.05) is 18.2 Å². The molecule has 0 spiro atoms. The van der Waals surface area contributed by atoms with Crippen molar-refractivity contribution in [2.75, 3.05) is 27.3 Å². The summed E-state index contributed by atoms with van der Waals surface area (Å²) in [5.74, 6) is 0.474. The summed E-state index contributed by atoms with van der Waals surface area (Å²) in [6, 6.07) is 12.2. The highest BCUT2D eigenvalue weighted by Crippen LogP contribution is 2.25. The number of hydrogen-bond acceptors (Lipinski definition) is 5. The van der Waals surface area contributed by atoms with Crippen LogP contribution in [0.2, 0.25) is 0 Å². The van der Waals surface area contributed by atoms with Crippen molar-refractivity contribution in [3.8, 4) is 11.5 Å². The van der Waals surface area contributed by atoms with E-state index in [1.807, 2.05) is 12.1 Å². The van der Waals surface area contributed by atoms with Crippen molar-refractivity contribution < 1.29 is 23.9 Å². The van der Waals surface area contributed by atoms with Crippen LogP contribution in [0.1, 0.15) is 32.7 Å². The second-order valence-corrected chi connectivity index (χ2v) is 6.34. The number of nitrogens with zero attached hydrogens (tertiary/aromatic N) is 1. The van der Waals surface area contributed by atoms with E-state index < -0.39 is 0 Å². The predicted molar refractivity (Wildman–Crippen MR) is 103 cm³/mol. The lowest BCUT2D eigenvalue weighted by atomic mass is 10.1. The van der Waals surface area contributed by atoms with Gasteiger partial charge < -0.3 is 14.8 Å². The van der Waals surface area contributed by atoms with Crippen LogP contribution in [-0.4, -0.2) is 49.9 Å². The second-order valence-electron chi connectivity index (χ2n) is 6.34. The van der Waals surface area contributed by atoms with Crippen LogP contribution < -0.4 is 14.8 Å². The molecular formula is C21H22N2O5. The fourth-order valence-electron chi connectivity index (χ4n) is 3.14. The van der Waals surface area contributed by atoms with Crippen molar-refractivity contribution in [1.29, 1.82) is 0 Å². The Morgan fingerprint density at radius 2 is 1.68 bits per heavy atom. The van der Waals surface area contributed by atoms with Gasteiger partial charge in [0.2, 0.25) is 5.91 Å². The molecule has 0 aliphatic carbocycles. The van der Waals surface area contributed by atoms with Gasteiger partial charge in [-0.2, -0.15) is 0 Å². The minimum atomic E-state index is -0.351. The molecule has 7 nitrogen and oxygen atoms in total. The maximum Gasteiger partial charge on any atom is 0.261 e. The van der Waals surface area contributed by atoms with Gasteiger partial charge in [-0.15, -0.1) is 0 Å². The Hall–Kier alpha value is -3.35. The maximum atomic E-state index is 12.3. The molecule has 0 saturated heterocycles. The van der Waals surface area contributed by atoms with E-state index in [-0.39, 0.29) is 30.7 Å². The van der Waals surface area contributed by atoms with Crippen molar-refractivity contribution in [2.24, 2.45) is 0 Å². The molecule has 28 heavy (non-hydrogen) atoms. The van der Waals surface area contributed by atoms with E-state index in [9.17, 15) is 14.4 Å². The molecule has 7 heteroatoms. The summed E-state index contributed by atoms with van der Waals surface area (Å²) < 4.78 is 10.5. The van der Waals surface area contributed by atoms with E-state index in [0.717, 1.165) is 10.5 Å². The zero-order chi connectivity index (χ0) is 20.1. The summed E-state index contributed by atoms with van der Waals surface area (Å²) in [4.78, 5) is 37.8. The van der Waals surface area contributed by atoms with Gasteiger partial charge in [0, 0.05) is 25.6 Å². The monoisotopic (exact) mass is 382 g/mol. The number of amides is 3. The average Bonchev–Trinajstić information content (AvgIpc) is 2.97. The number of ether oxygens (including phenoxy) is 2. The van der Waals surface area contributed by atoms with Crippen LogP contribution in [-0.2, 0) is 11.2 Å². The molecule has 0 radical (unpaired) electrons. The fraction of sp³-hybridized carbons (Fsp3) is 0.286. The zero-order valence-electron chi connectivity index (χ0n) is 15.9. The lowest BCUT2D eigenvalue weighted by Gasteiger charge is -2.14. The Balaban J connectivity index is 1.48. The summed E-state index contributed by atoms with van der Waals surface area (Å²) in [6.07, 6.45) is 0.650. The molecule has 146 valence electrons. The van der Waals surface area contributed by atoms with Gasteiger partial charge in [0.15, 0.2) is 0 Å². The predicted octanol–water partition coefficient (Wildman–Crippen LogP) is 2.05. The van der Waals surface area contributed by atoms with Crippen LogP contribution in [0.15, 0.2) is 42.5 Å². The molecule has 2 aromatic carbocycles. The van der Waals surface area contributed by atoms with Crippen LogP contribution in [0.25, 0.3) is 0 Å². The number of methoxy groups -OCH3 is 2. The fourth-order valence-corrected chi connectivity index (χ4v) is 3.14. The number of nitrogens with one attached hydrogen (secondary N) is 1. The van der Waals surface area contributed by atoms with Crippen LogP contribution in [0.5, 0.6) is 11.5 Å². The molecule has 0 bridgehead atoms. The van der Waals surface area contributed by atoms with Crippen molar-refractivity contribution >= 4 is 17.7 Å². The van der Waals surface area contributed by atoms with Crippen LogP contribution in [0, 0.1) is 0 Å². The molecule has 1 heterocycles. The van der Waals surface area contributed by atoms with Crippen LogP contribution in [0.4, 0.5) is 0 Å². The first-order chi connectivity index (χ1) is 13.5. The highest BCUT2D eigenvalue weighted by atomic mass is 16.5. The molecule has 2 aromatic rings. The summed E-state index contributed by atoms with van der Waals surface area (Å²) >= 11 is 0. The summed E-state index contributed by atoms with van der Waals surface area (Å²) in [5, 5.41) is 2.81. The van der Waals surface area contributed by atoms with Gasteiger partial charge in [0.25, 0.3) is 11.8 Å². The first-order valence-electron chi connectivity index (χ1n) is 8.98. The first-order valence-corrected chi connectivity index (χ1v) is 8.98. The van der Waals surface area contributed by atoms with Gasteiger partial charge in [-0.3, -0.25) is 19.3 Å². The summed E-state index contributed by atoms with van der Waals surface area (Å²) in [5.41, 5.74) is 1.72. The Kier molecular flexibility index (Phi) is 5.93. The average molecular weight is 382 g/mol. The molecular weight excluding hydrogens is 360 g/mol. The van der Waals surface area contributed by atoms with Gasteiger partial charge in [-0.05, 0) is 30.2 Å². The largest absolute Gasteiger partial charge is 0.497 e. The topological polar surface area (TPSA) is 84.9 Å². The smallest absolute Gasteiger partial charge is 0.261 e. The van der Waals surface area contributed by atoms with E-state index in [0.29, 0.717) is 35.6 Å². The molecule has 0 unspecified atom stereocenters. The van der Waals surface area contributed by atoms with E-state index in [4.69, 9.17) is 9.47 Å². The quantitative estimate of drug-likeness (QED) is 0.707. The van der Waals surface area contributed by atoms with Gasteiger partial charge in [0.05, 0.1) is 25.3 Å². The summed E-state index contributed by atoms with van der Waals surface area (Å²) in [6.45, 7) is 0.480. The second kappa shape index (κ2) is 8.56. The number of imide groups is 1. The normalized spacial score (nSPS) is 12.7. The van der Waals surface area contributed by atoms with E-state index in [1.54, 1.807) is 44.6 Å². The number of carbonyl (C=O) groups excluding carboxylic acids is 3. The molecule has 3 amide bonds. The number of carbonyl (C=O) groups is 3. The van der Waals surface area contributed by atoms with Crippen molar-refractivity contribution in [3.63, 3.8) is 0 Å². The Morgan fingerprint density at radius 3 is 2.29 bits per heavy atom. The third-order valence-corrected chi connectivity index (χ3v) is 4.65. The number of rotatable bonds is 8. The Labute approximate surface area is 163 Å². The van der Waals surface area contributed by atoms with E-state index in [1.165, 1.54) is 0 Å². The highest BCUT2D eigenvalue weighted by molar-refractivity contribution is 6.21. The molecule has 1 N–H and O–H groups in total. The lowest BCUT2D eigenvalue weighted by Crippen LogP contribution is -2.35. The van der Waals surface area contributed by atoms with E-state index >= 15 is 0 Å². The van der Waals surface area contributed by atoms with E-state index in [2.05, 4.69) is 5.32 Å². The standard InChI is InChI=1S/C21H22N2O5/c1-27-15-8-7-14(18(13-15)28-2)9-11-22-19(24)10-12-23-20(25)16-5-3-4-6-17(16)21(23)26/h3-8,13H,9-12H2,1-2H3,(H,22,24). The molecule has 0 saturated carbocycles. The van der Waals surface area contributed by atoms with Crippen LogP contribution in [0.3, 0.4) is 0 Å². The molecule has 0 atom stereocenters.